The quantitative estimate of drug-likeness (QED) is 0.634. The van der Waals surface area contributed by atoms with Gasteiger partial charge in [0.05, 0.1) is 17.6 Å². The highest BCUT2D eigenvalue weighted by atomic mass is 16.6. The van der Waals surface area contributed by atoms with Gasteiger partial charge in [-0.15, -0.1) is 0 Å². The lowest BCUT2D eigenvalue weighted by Crippen LogP contribution is -2.32. The summed E-state index contributed by atoms with van der Waals surface area (Å²) >= 11 is 0. The summed E-state index contributed by atoms with van der Waals surface area (Å²) in [5.74, 6) is -0.212. The smallest absolute Gasteiger partial charge is 0.272 e. The van der Waals surface area contributed by atoms with E-state index in [0.717, 1.165) is 5.56 Å². The number of carbonyl (C=O) groups excluding carboxylic acids is 1. The third-order valence-corrected chi connectivity index (χ3v) is 4.99. The van der Waals surface area contributed by atoms with Crippen molar-refractivity contribution in [2.45, 2.75) is 25.1 Å². The molecule has 128 valence electrons. The zero-order valence-corrected chi connectivity index (χ0v) is 13.6. The maximum Gasteiger partial charge on any atom is 0.272 e. The van der Waals surface area contributed by atoms with E-state index in [1.165, 1.54) is 6.07 Å². The van der Waals surface area contributed by atoms with Crippen LogP contribution in [-0.2, 0) is 16.0 Å². The van der Waals surface area contributed by atoms with Crippen molar-refractivity contribution in [2.75, 3.05) is 6.61 Å². The van der Waals surface area contributed by atoms with Crippen LogP contribution in [0, 0.1) is 16.0 Å². The standard InChI is InChI=1S/C19H18N2O4/c22-18-15(10-14-8-4-5-9-17(14)21(23)24)11-16-12-25-19(20(16)18)13-6-2-1-3-7-13/h1-9,15-16,19H,10-12H2/t15-,16+,19-/m0/s1. The lowest BCUT2D eigenvalue weighted by Gasteiger charge is -2.23. The van der Waals surface area contributed by atoms with E-state index in [9.17, 15) is 14.9 Å². The van der Waals surface area contributed by atoms with E-state index in [1.807, 2.05) is 35.2 Å². The van der Waals surface area contributed by atoms with Crippen molar-refractivity contribution in [1.29, 1.82) is 0 Å². The minimum atomic E-state index is -0.383. The van der Waals surface area contributed by atoms with E-state index >= 15 is 0 Å². The van der Waals surface area contributed by atoms with E-state index in [2.05, 4.69) is 0 Å². The molecule has 0 unspecified atom stereocenters. The van der Waals surface area contributed by atoms with Gasteiger partial charge in [-0.25, -0.2) is 0 Å². The molecule has 0 bridgehead atoms. The fourth-order valence-electron chi connectivity index (χ4n) is 3.84. The Labute approximate surface area is 145 Å². The normalized spacial score (nSPS) is 25.2. The zero-order chi connectivity index (χ0) is 17.4. The van der Waals surface area contributed by atoms with Crippen molar-refractivity contribution in [2.24, 2.45) is 5.92 Å². The fraction of sp³-hybridized carbons (Fsp3) is 0.316. The first-order chi connectivity index (χ1) is 12.1. The van der Waals surface area contributed by atoms with Crippen molar-refractivity contribution >= 4 is 11.6 Å². The number of amides is 1. The Morgan fingerprint density at radius 3 is 2.60 bits per heavy atom. The molecule has 0 saturated carbocycles. The maximum atomic E-state index is 12.9. The molecule has 0 aromatic heterocycles. The van der Waals surface area contributed by atoms with E-state index in [1.54, 1.807) is 18.2 Å². The summed E-state index contributed by atoms with van der Waals surface area (Å²) in [6.45, 7) is 0.513. The van der Waals surface area contributed by atoms with Crippen LogP contribution in [-0.4, -0.2) is 28.4 Å². The van der Waals surface area contributed by atoms with Crippen LogP contribution in [0.15, 0.2) is 54.6 Å². The first-order valence-electron chi connectivity index (χ1n) is 8.36. The first-order valence-corrected chi connectivity index (χ1v) is 8.36. The van der Waals surface area contributed by atoms with Crippen LogP contribution in [0.4, 0.5) is 5.69 Å². The zero-order valence-electron chi connectivity index (χ0n) is 13.6. The van der Waals surface area contributed by atoms with Gasteiger partial charge in [0.15, 0.2) is 6.23 Å². The van der Waals surface area contributed by atoms with Gasteiger partial charge in [-0.1, -0.05) is 48.5 Å². The summed E-state index contributed by atoms with van der Waals surface area (Å²) in [6, 6.07) is 16.4. The lowest BCUT2D eigenvalue weighted by atomic mass is 9.95. The second-order valence-corrected chi connectivity index (χ2v) is 6.52. The number of para-hydroxylation sites is 1. The summed E-state index contributed by atoms with van der Waals surface area (Å²) in [5.41, 5.74) is 1.66. The van der Waals surface area contributed by atoms with Crippen LogP contribution >= 0.6 is 0 Å². The Morgan fingerprint density at radius 2 is 1.84 bits per heavy atom. The van der Waals surface area contributed by atoms with Crippen molar-refractivity contribution in [3.63, 3.8) is 0 Å². The van der Waals surface area contributed by atoms with Crippen LogP contribution in [0.2, 0.25) is 0 Å². The summed E-state index contributed by atoms with van der Waals surface area (Å²) in [7, 11) is 0. The highest BCUT2D eigenvalue weighted by Gasteiger charge is 2.48. The molecular weight excluding hydrogens is 320 g/mol. The van der Waals surface area contributed by atoms with Crippen molar-refractivity contribution < 1.29 is 14.5 Å². The van der Waals surface area contributed by atoms with Gasteiger partial charge in [-0.05, 0) is 12.8 Å². The summed E-state index contributed by atoms with van der Waals surface area (Å²) in [5, 5.41) is 11.2. The summed E-state index contributed by atoms with van der Waals surface area (Å²) in [6.07, 6.45) is 0.716. The Morgan fingerprint density at radius 1 is 1.12 bits per heavy atom. The molecule has 0 spiro atoms. The number of hydrogen-bond donors (Lipinski definition) is 0. The van der Waals surface area contributed by atoms with Crippen molar-refractivity contribution in [3.8, 4) is 0 Å². The molecule has 0 radical (unpaired) electrons. The Hall–Kier alpha value is -2.73. The summed E-state index contributed by atoms with van der Waals surface area (Å²) < 4.78 is 5.83. The molecule has 6 nitrogen and oxygen atoms in total. The summed E-state index contributed by atoms with van der Waals surface area (Å²) in [4.78, 5) is 25.6. The molecule has 1 amide bonds. The number of ether oxygens (including phenoxy) is 1. The number of nitro benzene ring substituents is 1. The molecule has 4 rings (SSSR count). The van der Waals surface area contributed by atoms with Gasteiger partial charge in [0.25, 0.3) is 5.69 Å². The number of rotatable bonds is 4. The van der Waals surface area contributed by atoms with Gasteiger partial charge in [0.2, 0.25) is 5.91 Å². The largest absolute Gasteiger partial charge is 0.352 e. The number of hydrogen-bond acceptors (Lipinski definition) is 4. The number of fused-ring (bicyclic) bond motifs is 1. The topological polar surface area (TPSA) is 72.7 Å². The molecule has 2 aromatic rings. The minimum Gasteiger partial charge on any atom is -0.352 e. The predicted molar refractivity (Wildman–Crippen MR) is 90.7 cm³/mol. The third kappa shape index (κ3) is 2.78. The molecule has 2 aliphatic rings. The molecule has 6 heteroatoms. The van der Waals surface area contributed by atoms with Gasteiger partial charge in [0.1, 0.15) is 0 Å². The number of benzene rings is 2. The molecule has 2 aromatic carbocycles. The first kappa shape index (κ1) is 15.8. The van der Waals surface area contributed by atoms with Crippen LogP contribution in [0.3, 0.4) is 0 Å². The number of nitro groups is 1. The lowest BCUT2D eigenvalue weighted by molar-refractivity contribution is -0.385. The molecule has 3 atom stereocenters. The highest BCUT2D eigenvalue weighted by Crippen LogP contribution is 2.41. The van der Waals surface area contributed by atoms with Gasteiger partial charge in [-0.3, -0.25) is 14.9 Å². The maximum absolute atomic E-state index is 12.9. The van der Waals surface area contributed by atoms with Crippen LogP contribution in [0.1, 0.15) is 23.8 Å². The van der Waals surface area contributed by atoms with E-state index < -0.39 is 0 Å². The molecule has 2 aliphatic heterocycles. The van der Waals surface area contributed by atoms with Gasteiger partial charge < -0.3 is 9.64 Å². The van der Waals surface area contributed by atoms with Crippen molar-refractivity contribution in [1.82, 2.24) is 4.90 Å². The molecule has 0 aliphatic carbocycles. The number of nitrogens with zero attached hydrogens (tertiary/aromatic N) is 2. The highest BCUT2D eigenvalue weighted by molar-refractivity contribution is 5.82. The average molecular weight is 338 g/mol. The fourth-order valence-corrected chi connectivity index (χ4v) is 3.84. The predicted octanol–water partition coefficient (Wildman–Crippen LogP) is 3.08. The average Bonchev–Trinajstić information content (AvgIpc) is 3.17. The Kier molecular flexibility index (Phi) is 3.97. The molecule has 25 heavy (non-hydrogen) atoms. The Bertz CT molecular complexity index is 808. The van der Waals surface area contributed by atoms with Gasteiger partial charge >= 0.3 is 0 Å². The third-order valence-electron chi connectivity index (χ3n) is 4.99. The molecular formula is C19H18N2O4. The minimum absolute atomic E-state index is 0.0227. The second-order valence-electron chi connectivity index (χ2n) is 6.52. The molecule has 2 saturated heterocycles. The van der Waals surface area contributed by atoms with Crippen LogP contribution < -0.4 is 0 Å². The van der Waals surface area contributed by atoms with E-state index in [0.29, 0.717) is 25.0 Å². The molecule has 2 heterocycles. The second kappa shape index (κ2) is 6.29. The van der Waals surface area contributed by atoms with Crippen LogP contribution in [0.5, 0.6) is 0 Å². The van der Waals surface area contributed by atoms with Gasteiger partial charge in [0, 0.05) is 23.1 Å². The Balaban J connectivity index is 1.56. The van der Waals surface area contributed by atoms with Gasteiger partial charge in [-0.2, -0.15) is 0 Å². The number of carbonyl (C=O) groups is 1. The molecule has 0 N–H and O–H groups in total. The van der Waals surface area contributed by atoms with Crippen molar-refractivity contribution in [3.05, 3.63) is 75.8 Å². The SMILES string of the molecule is O=C1[C@@H](Cc2ccccc2[N+](=O)[O-])C[C@@H]2CO[C@@H](c3ccccc3)N12. The monoisotopic (exact) mass is 338 g/mol. The van der Waals surface area contributed by atoms with E-state index in [4.69, 9.17) is 4.74 Å². The molecule has 2 fully saturated rings. The van der Waals surface area contributed by atoms with Crippen LogP contribution in [0.25, 0.3) is 0 Å². The van der Waals surface area contributed by atoms with E-state index in [-0.39, 0.29) is 34.7 Å².